The summed E-state index contributed by atoms with van der Waals surface area (Å²) in [6, 6.07) is 0. The Hall–Kier alpha value is 1.28. The molecular weight excluding hydrogens is 379 g/mol. The van der Waals surface area contributed by atoms with E-state index < -0.39 is 19.8 Å². The van der Waals surface area contributed by atoms with E-state index in [1.165, 1.54) is 11.8 Å². The summed E-state index contributed by atoms with van der Waals surface area (Å²) < 4.78 is 4.02. The Kier molecular flexibility index (Phi) is 6.19. The predicted molar refractivity (Wildman–Crippen MR) is 72.4 cm³/mol. The summed E-state index contributed by atoms with van der Waals surface area (Å²) in [7, 11) is 0. The van der Waals surface area contributed by atoms with Crippen LogP contribution in [0, 0.1) is 0 Å². The fraction of sp³-hybridized carbons (Fsp3) is 1.00. The van der Waals surface area contributed by atoms with Crippen molar-refractivity contribution in [1.29, 1.82) is 0 Å². The van der Waals surface area contributed by atoms with Gasteiger partial charge in [-0.2, -0.15) is 0 Å². The fourth-order valence-corrected chi connectivity index (χ4v) is 19.7. The topological polar surface area (TPSA) is 0 Å². The van der Waals surface area contributed by atoms with E-state index in [4.69, 9.17) is 0 Å². The molecule has 0 aromatic carbocycles. The number of hydrogen-bond acceptors (Lipinski definition) is 0. The Morgan fingerprint density at radius 2 is 0.706 bits per heavy atom. The first-order chi connectivity index (χ1) is 7.95. The average molecular weight is 406 g/mol. The van der Waals surface area contributed by atoms with Crippen molar-refractivity contribution in [1.82, 2.24) is 0 Å². The molecule has 0 amide bonds. The van der Waals surface area contributed by atoms with Crippen molar-refractivity contribution in [3.8, 4) is 0 Å². The maximum atomic E-state index is 1.67. The van der Waals surface area contributed by atoms with Crippen LogP contribution in [0.3, 0.4) is 0 Å². The minimum atomic E-state index is -1.04. The molecule has 3 aliphatic carbocycles. The molecule has 0 saturated heterocycles. The second-order valence-electron chi connectivity index (χ2n) is 6.44. The first-order valence-corrected chi connectivity index (χ1v) is 12.8. The van der Waals surface area contributed by atoms with Crippen LogP contribution >= 0.6 is 0 Å². The summed E-state index contributed by atoms with van der Waals surface area (Å²) in [5.41, 5.74) is 0. The molecule has 3 aliphatic rings. The van der Waals surface area contributed by atoms with Gasteiger partial charge in [0, 0.05) is 0 Å². The van der Waals surface area contributed by atoms with E-state index in [2.05, 4.69) is 0 Å². The monoisotopic (exact) mass is 406 g/mol. The van der Waals surface area contributed by atoms with E-state index >= 15 is 0 Å². The predicted octanol–water partition coefficient (Wildman–Crippen LogP) is 2.32. The van der Waals surface area contributed by atoms with Crippen LogP contribution in [0.4, 0.5) is 0 Å². The number of hydrogen-bond donors (Lipinski definition) is 0. The van der Waals surface area contributed by atoms with Crippen molar-refractivity contribution in [2.24, 2.45) is 0 Å². The van der Waals surface area contributed by atoms with Gasteiger partial charge in [-0.3, -0.25) is 0 Å². The molecule has 0 aliphatic heterocycles. The Morgan fingerprint density at radius 3 is 0.941 bits per heavy atom. The SMILES string of the molecule is C1CC[CH]([Sn+]([CH]2CCCC2)[CH]2CCCC2)C1.[Br-]. The Bertz CT molecular complexity index is 175. The maximum Gasteiger partial charge on any atom is -1.00 e. The fourth-order valence-electron chi connectivity index (χ4n) is 4.78. The summed E-state index contributed by atoms with van der Waals surface area (Å²) in [4.78, 5) is 0. The van der Waals surface area contributed by atoms with E-state index in [0.717, 1.165) is 0 Å². The Labute approximate surface area is 125 Å². The second kappa shape index (κ2) is 7.17. The first kappa shape index (κ1) is 14.7. The van der Waals surface area contributed by atoms with E-state index in [9.17, 15) is 0 Å². The molecule has 0 N–H and O–H groups in total. The van der Waals surface area contributed by atoms with Gasteiger partial charge in [-0.1, -0.05) is 0 Å². The minimum absolute atomic E-state index is 0. The summed E-state index contributed by atoms with van der Waals surface area (Å²) in [6.45, 7) is 0. The van der Waals surface area contributed by atoms with Crippen LogP contribution in [0.25, 0.3) is 0 Å². The molecule has 0 bridgehead atoms. The molecule has 3 saturated carbocycles. The third kappa shape index (κ3) is 3.43. The van der Waals surface area contributed by atoms with Gasteiger partial charge in [0.25, 0.3) is 0 Å². The van der Waals surface area contributed by atoms with Crippen LogP contribution in [-0.4, -0.2) is 19.8 Å². The normalized spacial score (nSPS) is 27.5. The second-order valence-corrected chi connectivity index (χ2v) is 16.3. The first-order valence-electron chi connectivity index (χ1n) is 7.82. The van der Waals surface area contributed by atoms with E-state index in [1.54, 1.807) is 77.0 Å². The Morgan fingerprint density at radius 1 is 0.471 bits per heavy atom. The molecule has 0 nitrogen and oxygen atoms in total. The molecule has 98 valence electrons. The molecule has 3 rings (SSSR count). The van der Waals surface area contributed by atoms with E-state index in [1.807, 2.05) is 0 Å². The van der Waals surface area contributed by atoms with Gasteiger partial charge in [-0.05, 0) is 0 Å². The molecule has 3 fully saturated rings. The largest absolute Gasteiger partial charge is 1.00 e. The molecule has 0 atom stereocenters. The molecule has 0 unspecified atom stereocenters. The zero-order valence-electron chi connectivity index (χ0n) is 11.1. The number of rotatable bonds is 3. The zero-order valence-corrected chi connectivity index (χ0v) is 15.5. The summed E-state index contributed by atoms with van der Waals surface area (Å²) in [5, 5.41) is 0. The number of halogens is 1. The van der Waals surface area contributed by atoms with Crippen LogP contribution in [0.1, 0.15) is 77.0 Å². The standard InChI is InChI=1S/3C5H9.BrH.Sn/c3*1-2-4-5-3-1;;/h3*1H,2-5H2;1H;/q;;;;+1/p-1. The van der Waals surface area contributed by atoms with Crippen molar-refractivity contribution < 1.29 is 17.0 Å². The van der Waals surface area contributed by atoms with Crippen molar-refractivity contribution in [3.05, 3.63) is 0 Å². The van der Waals surface area contributed by atoms with Crippen molar-refractivity contribution in [2.45, 2.75) is 88.9 Å². The van der Waals surface area contributed by atoms with Crippen LogP contribution in [0.5, 0.6) is 0 Å². The summed E-state index contributed by atoms with van der Waals surface area (Å²) in [5.74, 6) is 0. The molecule has 17 heavy (non-hydrogen) atoms. The molecule has 0 heterocycles. The maximum absolute atomic E-state index is 1.67. The van der Waals surface area contributed by atoms with Gasteiger partial charge in [-0.15, -0.1) is 0 Å². The van der Waals surface area contributed by atoms with Crippen molar-refractivity contribution in [3.63, 3.8) is 0 Å². The molecular formula is C15H27BrSn. The Balaban J connectivity index is 0.00000108. The average Bonchev–Trinajstić information content (AvgIpc) is 3.02. The van der Waals surface area contributed by atoms with Crippen LogP contribution < -0.4 is 17.0 Å². The minimum Gasteiger partial charge on any atom is -1.00 e. The third-order valence-corrected chi connectivity index (χ3v) is 18.5. The van der Waals surface area contributed by atoms with Crippen molar-refractivity contribution in [2.75, 3.05) is 0 Å². The summed E-state index contributed by atoms with van der Waals surface area (Å²) >= 11 is -1.04. The smallest absolute Gasteiger partial charge is 1.00 e. The van der Waals surface area contributed by atoms with E-state index in [0.29, 0.717) is 0 Å². The van der Waals surface area contributed by atoms with Gasteiger partial charge >= 0.3 is 109 Å². The van der Waals surface area contributed by atoms with Gasteiger partial charge in [0.1, 0.15) is 0 Å². The molecule has 2 heteroatoms. The third-order valence-electron chi connectivity index (χ3n) is 5.48. The van der Waals surface area contributed by atoms with Crippen LogP contribution in [-0.2, 0) is 0 Å². The van der Waals surface area contributed by atoms with Gasteiger partial charge in [0.15, 0.2) is 0 Å². The molecule has 0 aromatic heterocycles. The quantitative estimate of drug-likeness (QED) is 0.632. The van der Waals surface area contributed by atoms with Crippen LogP contribution in [0.2, 0.25) is 11.8 Å². The van der Waals surface area contributed by atoms with Gasteiger partial charge in [0.05, 0.1) is 0 Å². The molecule has 0 radical (unpaired) electrons. The molecule has 0 aromatic rings. The van der Waals surface area contributed by atoms with Gasteiger partial charge in [0.2, 0.25) is 0 Å². The zero-order chi connectivity index (χ0) is 10.8. The van der Waals surface area contributed by atoms with Gasteiger partial charge < -0.3 is 17.0 Å². The van der Waals surface area contributed by atoms with Crippen LogP contribution in [0.15, 0.2) is 0 Å². The molecule has 0 spiro atoms. The summed E-state index contributed by atoms with van der Waals surface area (Å²) in [6.07, 6.45) is 19.6. The van der Waals surface area contributed by atoms with E-state index in [-0.39, 0.29) is 17.0 Å². The van der Waals surface area contributed by atoms with Gasteiger partial charge in [-0.25, -0.2) is 0 Å². The van der Waals surface area contributed by atoms with Crippen molar-refractivity contribution >= 4 is 19.8 Å².